The van der Waals surface area contributed by atoms with Gasteiger partial charge >= 0.3 is 0 Å². The van der Waals surface area contributed by atoms with Crippen molar-refractivity contribution >= 4 is 34.2 Å². The molecule has 0 unspecified atom stereocenters. The molecule has 0 bridgehead atoms. The second kappa shape index (κ2) is 6.95. The second-order valence-corrected chi connectivity index (χ2v) is 7.19. The molecule has 4 rings (SSSR count). The van der Waals surface area contributed by atoms with Gasteiger partial charge in [-0.05, 0) is 52.8 Å². The van der Waals surface area contributed by atoms with E-state index in [-0.39, 0.29) is 5.91 Å². The average Bonchev–Trinajstić information content (AvgIpc) is 3.27. The molecule has 0 N–H and O–H groups in total. The highest BCUT2D eigenvalue weighted by Gasteiger charge is 2.24. The molecule has 6 heteroatoms. The zero-order valence-corrected chi connectivity index (χ0v) is 15.6. The number of anilines is 1. The molecule has 0 radical (unpaired) electrons. The summed E-state index contributed by atoms with van der Waals surface area (Å²) >= 11 is 2.25. The minimum absolute atomic E-state index is 0.0963. The predicted octanol–water partition coefficient (Wildman–Crippen LogP) is 3.86. The zero-order chi connectivity index (χ0) is 17.2. The maximum atomic E-state index is 12.5. The number of aromatic nitrogens is 2. The molecule has 1 amide bonds. The minimum Gasteiger partial charge on any atom is -0.339 e. The van der Waals surface area contributed by atoms with Gasteiger partial charge in [-0.1, -0.05) is 35.5 Å². The Morgan fingerprint density at radius 2 is 1.96 bits per heavy atom. The normalized spacial score (nSPS) is 13.1. The minimum atomic E-state index is 0.0963. The highest BCUT2D eigenvalue weighted by atomic mass is 127. The van der Waals surface area contributed by atoms with Crippen molar-refractivity contribution in [2.24, 2.45) is 0 Å². The fourth-order valence-corrected chi connectivity index (χ4v) is 3.38. The highest BCUT2D eigenvalue weighted by molar-refractivity contribution is 14.1. The van der Waals surface area contributed by atoms with Crippen LogP contribution in [0.5, 0.6) is 0 Å². The molecule has 2 heterocycles. The van der Waals surface area contributed by atoms with Crippen molar-refractivity contribution in [3.8, 4) is 11.4 Å². The van der Waals surface area contributed by atoms with Crippen molar-refractivity contribution in [2.45, 2.75) is 19.3 Å². The number of rotatable bonds is 4. The second-order valence-electron chi connectivity index (χ2n) is 5.94. The van der Waals surface area contributed by atoms with E-state index in [4.69, 9.17) is 4.52 Å². The van der Waals surface area contributed by atoms with Gasteiger partial charge in [-0.25, -0.2) is 0 Å². The number of nitrogens with zero attached hydrogens (tertiary/aromatic N) is 3. The number of amides is 1. The van der Waals surface area contributed by atoms with Crippen LogP contribution in [0.15, 0.2) is 53.1 Å². The van der Waals surface area contributed by atoms with Crippen LogP contribution >= 0.6 is 22.6 Å². The van der Waals surface area contributed by atoms with Crippen molar-refractivity contribution < 1.29 is 9.32 Å². The van der Waals surface area contributed by atoms with Crippen LogP contribution in [-0.4, -0.2) is 22.6 Å². The van der Waals surface area contributed by atoms with Crippen LogP contribution in [0.25, 0.3) is 11.4 Å². The van der Waals surface area contributed by atoms with Crippen LogP contribution in [-0.2, 0) is 17.6 Å². The standard InChI is InChI=1S/C19H16IN3O2/c20-15-7-5-14(6-8-15)19-21-17(25-22-19)9-10-18(24)23-12-11-13-3-1-2-4-16(13)23/h1-8H,9-12H2. The summed E-state index contributed by atoms with van der Waals surface area (Å²) in [4.78, 5) is 18.8. The van der Waals surface area contributed by atoms with Crippen LogP contribution in [0, 0.1) is 3.57 Å². The van der Waals surface area contributed by atoms with E-state index in [2.05, 4.69) is 38.8 Å². The van der Waals surface area contributed by atoms with Crippen molar-refractivity contribution in [3.63, 3.8) is 0 Å². The molecule has 0 saturated heterocycles. The molecule has 1 aliphatic heterocycles. The molecule has 1 aromatic heterocycles. The lowest BCUT2D eigenvalue weighted by atomic mass is 10.2. The fraction of sp³-hybridized carbons (Fsp3) is 0.211. The third-order valence-electron chi connectivity index (χ3n) is 4.31. The Morgan fingerprint density at radius 3 is 2.80 bits per heavy atom. The van der Waals surface area contributed by atoms with Crippen LogP contribution in [0.2, 0.25) is 0 Å². The molecule has 3 aromatic rings. The average molecular weight is 445 g/mol. The first-order chi connectivity index (χ1) is 12.2. The van der Waals surface area contributed by atoms with Gasteiger partial charge in [-0.15, -0.1) is 0 Å². The Labute approximate surface area is 159 Å². The first-order valence-corrected chi connectivity index (χ1v) is 9.25. The maximum absolute atomic E-state index is 12.5. The van der Waals surface area contributed by atoms with Crippen molar-refractivity contribution in [1.29, 1.82) is 0 Å². The molecular formula is C19H16IN3O2. The predicted molar refractivity (Wildman–Crippen MR) is 103 cm³/mol. The lowest BCUT2D eigenvalue weighted by Crippen LogP contribution is -2.29. The molecular weight excluding hydrogens is 429 g/mol. The van der Waals surface area contributed by atoms with E-state index in [1.807, 2.05) is 47.4 Å². The maximum Gasteiger partial charge on any atom is 0.227 e. The highest BCUT2D eigenvalue weighted by Crippen LogP contribution is 2.28. The Bertz CT molecular complexity index is 905. The Balaban J connectivity index is 1.41. The number of carbonyl (C=O) groups is 1. The summed E-state index contributed by atoms with van der Waals surface area (Å²) in [6.45, 7) is 0.746. The largest absolute Gasteiger partial charge is 0.339 e. The first kappa shape index (κ1) is 16.3. The molecule has 25 heavy (non-hydrogen) atoms. The number of benzene rings is 2. The molecule has 0 spiro atoms. The topological polar surface area (TPSA) is 59.2 Å². The number of hydrogen-bond acceptors (Lipinski definition) is 4. The third-order valence-corrected chi connectivity index (χ3v) is 5.03. The van der Waals surface area contributed by atoms with E-state index in [0.717, 1.165) is 27.8 Å². The SMILES string of the molecule is O=C(CCc1nc(-c2ccc(I)cc2)no1)N1CCc2ccccc21. The summed E-state index contributed by atoms with van der Waals surface area (Å²) < 4.78 is 6.45. The van der Waals surface area contributed by atoms with Gasteiger partial charge in [0.1, 0.15) is 0 Å². The lowest BCUT2D eigenvalue weighted by Gasteiger charge is -2.16. The summed E-state index contributed by atoms with van der Waals surface area (Å²) in [5.41, 5.74) is 3.17. The van der Waals surface area contributed by atoms with E-state index >= 15 is 0 Å². The van der Waals surface area contributed by atoms with Gasteiger partial charge < -0.3 is 9.42 Å². The molecule has 5 nitrogen and oxygen atoms in total. The van der Waals surface area contributed by atoms with E-state index in [1.165, 1.54) is 5.56 Å². The van der Waals surface area contributed by atoms with Crippen molar-refractivity contribution in [3.05, 3.63) is 63.6 Å². The molecule has 0 aliphatic carbocycles. The molecule has 2 aromatic carbocycles. The van der Waals surface area contributed by atoms with Crippen LogP contribution in [0.1, 0.15) is 17.9 Å². The van der Waals surface area contributed by atoms with Gasteiger partial charge in [0.2, 0.25) is 17.6 Å². The number of fused-ring (bicyclic) bond motifs is 1. The van der Waals surface area contributed by atoms with Crippen molar-refractivity contribution in [2.75, 3.05) is 11.4 Å². The first-order valence-electron chi connectivity index (χ1n) is 8.17. The Kier molecular flexibility index (Phi) is 4.52. The van der Waals surface area contributed by atoms with Crippen LogP contribution in [0.3, 0.4) is 0 Å². The Hall–Kier alpha value is -2.22. The van der Waals surface area contributed by atoms with E-state index < -0.39 is 0 Å². The van der Waals surface area contributed by atoms with Crippen LogP contribution in [0.4, 0.5) is 5.69 Å². The summed E-state index contributed by atoms with van der Waals surface area (Å²) in [5.74, 6) is 1.15. The molecule has 126 valence electrons. The van der Waals surface area contributed by atoms with E-state index in [0.29, 0.717) is 24.6 Å². The van der Waals surface area contributed by atoms with E-state index in [1.54, 1.807) is 0 Å². The smallest absolute Gasteiger partial charge is 0.227 e. The zero-order valence-electron chi connectivity index (χ0n) is 13.5. The summed E-state index contributed by atoms with van der Waals surface area (Å²) in [5, 5.41) is 4.01. The molecule has 0 saturated carbocycles. The van der Waals surface area contributed by atoms with Crippen molar-refractivity contribution in [1.82, 2.24) is 10.1 Å². The number of aryl methyl sites for hydroxylation is 1. The molecule has 0 fully saturated rings. The molecule has 0 atom stereocenters. The summed E-state index contributed by atoms with van der Waals surface area (Å²) in [6, 6.07) is 16.0. The lowest BCUT2D eigenvalue weighted by molar-refractivity contribution is -0.118. The summed E-state index contributed by atoms with van der Waals surface area (Å²) in [6.07, 6.45) is 1.73. The third kappa shape index (κ3) is 3.44. The molecule has 1 aliphatic rings. The number of hydrogen-bond donors (Lipinski definition) is 0. The van der Waals surface area contributed by atoms with Gasteiger partial charge in [-0.3, -0.25) is 4.79 Å². The quantitative estimate of drug-likeness (QED) is 0.573. The monoisotopic (exact) mass is 445 g/mol. The van der Waals surface area contributed by atoms with Gasteiger partial charge in [0, 0.05) is 34.2 Å². The number of carbonyl (C=O) groups excluding carboxylic acids is 1. The summed E-state index contributed by atoms with van der Waals surface area (Å²) in [7, 11) is 0. The van der Waals surface area contributed by atoms with E-state index in [9.17, 15) is 4.79 Å². The fourth-order valence-electron chi connectivity index (χ4n) is 3.02. The Morgan fingerprint density at radius 1 is 1.16 bits per heavy atom. The van der Waals surface area contributed by atoms with Gasteiger partial charge in [0.25, 0.3) is 0 Å². The number of para-hydroxylation sites is 1. The number of halogens is 1. The van der Waals surface area contributed by atoms with Gasteiger partial charge in [0.15, 0.2) is 0 Å². The van der Waals surface area contributed by atoms with Gasteiger partial charge in [-0.2, -0.15) is 4.98 Å². The van der Waals surface area contributed by atoms with Crippen LogP contribution < -0.4 is 4.90 Å². The van der Waals surface area contributed by atoms with Gasteiger partial charge in [0.05, 0.1) is 0 Å².